The van der Waals surface area contributed by atoms with Gasteiger partial charge in [-0.15, -0.1) is 0 Å². The predicted molar refractivity (Wildman–Crippen MR) is 95.2 cm³/mol. The van der Waals surface area contributed by atoms with Gasteiger partial charge in [-0.2, -0.15) is 4.98 Å². The van der Waals surface area contributed by atoms with Gasteiger partial charge in [0.25, 0.3) is 0 Å². The number of hydrogen-bond acceptors (Lipinski definition) is 6. The first-order valence-electron chi connectivity index (χ1n) is 8.35. The van der Waals surface area contributed by atoms with Crippen LogP contribution < -0.4 is 9.80 Å². The molecule has 2 heterocycles. The number of hydrogen-bond donors (Lipinski definition) is 1. The van der Waals surface area contributed by atoms with E-state index in [0.29, 0.717) is 0 Å². The maximum Gasteiger partial charge on any atom is 0.227 e. The van der Waals surface area contributed by atoms with Crippen LogP contribution in [0.2, 0.25) is 0 Å². The van der Waals surface area contributed by atoms with Crippen molar-refractivity contribution in [3.05, 3.63) is 11.8 Å². The number of rotatable bonds is 4. The fourth-order valence-electron chi connectivity index (χ4n) is 2.56. The molecule has 1 aromatic rings. The summed E-state index contributed by atoms with van der Waals surface area (Å²) in [7, 11) is 3.99. The number of piperazine rings is 1. The summed E-state index contributed by atoms with van der Waals surface area (Å²) in [6.45, 7) is 12.6. The average molecular weight is 321 g/mol. The van der Waals surface area contributed by atoms with E-state index in [2.05, 4.69) is 40.5 Å². The van der Waals surface area contributed by atoms with E-state index in [1.54, 1.807) is 0 Å². The van der Waals surface area contributed by atoms with Crippen LogP contribution >= 0.6 is 0 Å². The molecule has 0 amide bonds. The lowest BCUT2D eigenvalue weighted by Crippen LogP contribution is -2.50. The lowest BCUT2D eigenvalue weighted by atomic mass is 9.89. The Morgan fingerprint density at radius 2 is 1.78 bits per heavy atom. The molecule has 0 radical (unpaired) electrons. The van der Waals surface area contributed by atoms with Gasteiger partial charge in [0.15, 0.2) is 0 Å². The standard InChI is InChI=1S/C17H31N5O/c1-13-11-15(20(5)6)19-16(18-13)22-9-7-21(8-10-22)12-14(23)17(2,3)4/h11,14,23H,7-10,12H2,1-6H3. The Kier molecular flexibility index (Phi) is 5.47. The van der Waals surface area contributed by atoms with Crippen LogP contribution in [0, 0.1) is 12.3 Å². The van der Waals surface area contributed by atoms with Gasteiger partial charge in [-0.05, 0) is 12.3 Å². The van der Waals surface area contributed by atoms with E-state index in [-0.39, 0.29) is 11.5 Å². The molecule has 6 nitrogen and oxygen atoms in total. The summed E-state index contributed by atoms with van der Waals surface area (Å²) in [4.78, 5) is 15.8. The van der Waals surface area contributed by atoms with Gasteiger partial charge in [-0.25, -0.2) is 4.98 Å². The molecule has 130 valence electrons. The first-order valence-corrected chi connectivity index (χ1v) is 8.35. The summed E-state index contributed by atoms with van der Waals surface area (Å²) in [5.41, 5.74) is 0.918. The summed E-state index contributed by atoms with van der Waals surface area (Å²) < 4.78 is 0. The highest BCUT2D eigenvalue weighted by atomic mass is 16.3. The molecule has 2 rings (SSSR count). The molecule has 1 atom stereocenters. The van der Waals surface area contributed by atoms with Crippen LogP contribution in [0.15, 0.2) is 6.07 Å². The van der Waals surface area contributed by atoms with Crippen molar-refractivity contribution < 1.29 is 5.11 Å². The smallest absolute Gasteiger partial charge is 0.227 e. The molecule has 0 bridgehead atoms. The van der Waals surface area contributed by atoms with Crippen LogP contribution in [0.1, 0.15) is 26.5 Å². The van der Waals surface area contributed by atoms with Crippen molar-refractivity contribution in [2.24, 2.45) is 5.41 Å². The van der Waals surface area contributed by atoms with Crippen molar-refractivity contribution in [2.75, 3.05) is 56.6 Å². The molecule has 0 spiro atoms. The van der Waals surface area contributed by atoms with Crippen molar-refractivity contribution >= 4 is 11.8 Å². The van der Waals surface area contributed by atoms with Gasteiger partial charge in [-0.3, -0.25) is 4.90 Å². The van der Waals surface area contributed by atoms with Crippen LogP contribution in [-0.4, -0.2) is 72.9 Å². The Morgan fingerprint density at radius 3 is 2.30 bits per heavy atom. The highest BCUT2D eigenvalue weighted by molar-refractivity contribution is 5.45. The highest BCUT2D eigenvalue weighted by Gasteiger charge is 2.27. The number of anilines is 2. The van der Waals surface area contributed by atoms with Crippen LogP contribution in [0.4, 0.5) is 11.8 Å². The molecule has 1 aliphatic rings. The van der Waals surface area contributed by atoms with Gasteiger partial charge in [0.2, 0.25) is 5.95 Å². The monoisotopic (exact) mass is 321 g/mol. The number of aromatic nitrogens is 2. The van der Waals surface area contributed by atoms with Crippen LogP contribution in [0.25, 0.3) is 0 Å². The molecule has 0 aliphatic carbocycles. The van der Waals surface area contributed by atoms with Crippen molar-refractivity contribution in [1.82, 2.24) is 14.9 Å². The Balaban J connectivity index is 1.97. The van der Waals surface area contributed by atoms with E-state index >= 15 is 0 Å². The largest absolute Gasteiger partial charge is 0.391 e. The third kappa shape index (κ3) is 4.78. The van der Waals surface area contributed by atoms with Crippen molar-refractivity contribution in [1.29, 1.82) is 0 Å². The van der Waals surface area contributed by atoms with E-state index in [9.17, 15) is 5.11 Å². The fourth-order valence-corrected chi connectivity index (χ4v) is 2.56. The van der Waals surface area contributed by atoms with Gasteiger partial charge < -0.3 is 14.9 Å². The maximum absolute atomic E-state index is 10.3. The minimum atomic E-state index is -0.301. The maximum atomic E-state index is 10.3. The van der Waals surface area contributed by atoms with Crippen LogP contribution in [0.5, 0.6) is 0 Å². The number of β-amino-alcohol motifs (C(OH)–C–C–N with tert-alkyl or cyclic N) is 1. The number of aliphatic hydroxyl groups excluding tert-OH is 1. The SMILES string of the molecule is Cc1cc(N(C)C)nc(N2CCN(CC(O)C(C)(C)C)CC2)n1. The first kappa shape index (κ1) is 17.9. The fraction of sp³-hybridized carbons (Fsp3) is 0.765. The second kappa shape index (κ2) is 7.01. The molecule has 23 heavy (non-hydrogen) atoms. The summed E-state index contributed by atoms with van der Waals surface area (Å²) in [5, 5.41) is 10.3. The second-order valence-electron chi connectivity index (χ2n) is 7.73. The molecule has 1 N–H and O–H groups in total. The molecule has 1 aromatic heterocycles. The van der Waals surface area contributed by atoms with Gasteiger partial charge >= 0.3 is 0 Å². The quantitative estimate of drug-likeness (QED) is 0.904. The summed E-state index contributed by atoms with van der Waals surface area (Å²) in [5.74, 6) is 1.75. The van der Waals surface area contributed by atoms with E-state index < -0.39 is 0 Å². The normalized spacial score (nSPS) is 18.1. The van der Waals surface area contributed by atoms with E-state index in [0.717, 1.165) is 50.2 Å². The Labute approximate surface area is 140 Å². The van der Waals surface area contributed by atoms with Crippen LogP contribution in [0.3, 0.4) is 0 Å². The molecule has 1 saturated heterocycles. The molecule has 1 aliphatic heterocycles. The summed E-state index contributed by atoms with van der Waals surface area (Å²) in [6.07, 6.45) is -0.301. The van der Waals surface area contributed by atoms with Crippen molar-refractivity contribution in [3.63, 3.8) is 0 Å². The first-order chi connectivity index (χ1) is 10.7. The zero-order valence-corrected chi connectivity index (χ0v) is 15.4. The number of aliphatic hydroxyl groups is 1. The number of nitrogens with zero attached hydrogens (tertiary/aromatic N) is 5. The molecular weight excluding hydrogens is 290 g/mol. The topological polar surface area (TPSA) is 55.7 Å². The lowest BCUT2D eigenvalue weighted by Gasteiger charge is -2.38. The molecular formula is C17H31N5O. The third-order valence-electron chi connectivity index (χ3n) is 4.37. The third-order valence-corrected chi connectivity index (χ3v) is 4.37. The van der Waals surface area contributed by atoms with Gasteiger partial charge in [0.05, 0.1) is 6.10 Å². The molecule has 0 aromatic carbocycles. The lowest BCUT2D eigenvalue weighted by molar-refractivity contribution is 0.0269. The van der Waals surface area contributed by atoms with E-state index in [1.807, 2.05) is 32.0 Å². The summed E-state index contributed by atoms with van der Waals surface area (Å²) in [6, 6.07) is 2.00. The Bertz CT molecular complexity index is 518. The van der Waals surface area contributed by atoms with Gasteiger partial charge in [0, 0.05) is 58.6 Å². The number of aryl methyl sites for hydroxylation is 1. The zero-order chi connectivity index (χ0) is 17.2. The minimum Gasteiger partial charge on any atom is -0.391 e. The van der Waals surface area contributed by atoms with Crippen LogP contribution in [-0.2, 0) is 0 Å². The Morgan fingerprint density at radius 1 is 1.17 bits per heavy atom. The average Bonchev–Trinajstić information content (AvgIpc) is 2.46. The zero-order valence-electron chi connectivity index (χ0n) is 15.4. The predicted octanol–water partition coefficient (Wildman–Crippen LogP) is 1.38. The van der Waals surface area contributed by atoms with Crippen molar-refractivity contribution in [3.8, 4) is 0 Å². The minimum absolute atomic E-state index is 0.0720. The molecule has 1 fully saturated rings. The Hall–Kier alpha value is -1.40. The molecule has 0 saturated carbocycles. The summed E-state index contributed by atoms with van der Waals surface area (Å²) >= 11 is 0. The van der Waals surface area contributed by atoms with Gasteiger partial charge in [-0.1, -0.05) is 20.8 Å². The second-order valence-corrected chi connectivity index (χ2v) is 7.73. The van der Waals surface area contributed by atoms with Gasteiger partial charge in [0.1, 0.15) is 5.82 Å². The molecule has 1 unspecified atom stereocenters. The van der Waals surface area contributed by atoms with Crippen molar-refractivity contribution in [2.45, 2.75) is 33.8 Å². The highest BCUT2D eigenvalue weighted by Crippen LogP contribution is 2.21. The molecule has 6 heteroatoms. The van der Waals surface area contributed by atoms with E-state index in [4.69, 9.17) is 0 Å². The van der Waals surface area contributed by atoms with E-state index in [1.165, 1.54) is 0 Å².